The van der Waals surface area contributed by atoms with Crippen molar-refractivity contribution in [2.45, 2.75) is 25.3 Å². The fourth-order valence-corrected chi connectivity index (χ4v) is 2.18. The Kier molecular flexibility index (Phi) is 5.12. The lowest BCUT2D eigenvalue weighted by Gasteiger charge is -2.10. The summed E-state index contributed by atoms with van der Waals surface area (Å²) in [6.45, 7) is 2.22. The quantitative estimate of drug-likeness (QED) is 0.696. The van der Waals surface area contributed by atoms with E-state index >= 15 is 0 Å². The van der Waals surface area contributed by atoms with Crippen molar-refractivity contribution in [2.24, 2.45) is 0 Å². The van der Waals surface area contributed by atoms with Crippen molar-refractivity contribution in [1.82, 2.24) is 0 Å². The van der Waals surface area contributed by atoms with Crippen LogP contribution in [0.3, 0.4) is 0 Å². The van der Waals surface area contributed by atoms with E-state index in [2.05, 4.69) is 22.9 Å². The number of aryl methyl sites for hydroxylation is 1. The predicted octanol–water partition coefficient (Wildman–Crippen LogP) is 5.00. The Morgan fingerprint density at radius 3 is 2.00 bits per heavy atom. The summed E-state index contributed by atoms with van der Waals surface area (Å²) in [7, 11) is 0. The Morgan fingerprint density at radius 2 is 1.50 bits per heavy atom. The fourth-order valence-electron chi connectivity index (χ4n) is 1.85. The van der Waals surface area contributed by atoms with E-state index in [9.17, 15) is 8.78 Å². The van der Waals surface area contributed by atoms with E-state index in [1.54, 1.807) is 0 Å². The summed E-state index contributed by atoms with van der Waals surface area (Å²) in [6, 6.07) is 10.3. The molecule has 20 heavy (non-hydrogen) atoms. The highest BCUT2D eigenvalue weighted by molar-refractivity contribution is 9.08. The van der Waals surface area contributed by atoms with Crippen molar-refractivity contribution in [1.29, 1.82) is 0 Å². The standard InChI is InChI=1S/C16H15BrF2O/c1-2-11-3-5-12(6-4-11)10-20-16-14(18)7-13(9-17)8-15(16)19/h3-8H,2,9-10H2,1H3. The van der Waals surface area contributed by atoms with Crippen LogP contribution in [0.1, 0.15) is 23.6 Å². The van der Waals surface area contributed by atoms with Crippen LogP contribution in [0.25, 0.3) is 0 Å². The molecular formula is C16H15BrF2O. The second kappa shape index (κ2) is 6.84. The summed E-state index contributed by atoms with van der Waals surface area (Å²) in [5, 5.41) is 0.402. The molecule has 0 spiro atoms. The Labute approximate surface area is 125 Å². The van der Waals surface area contributed by atoms with E-state index in [1.165, 1.54) is 17.7 Å². The van der Waals surface area contributed by atoms with E-state index in [-0.39, 0.29) is 12.4 Å². The average molecular weight is 341 g/mol. The molecule has 0 heterocycles. The van der Waals surface area contributed by atoms with E-state index in [0.717, 1.165) is 12.0 Å². The van der Waals surface area contributed by atoms with E-state index in [1.807, 2.05) is 24.3 Å². The highest BCUT2D eigenvalue weighted by atomic mass is 79.9. The van der Waals surface area contributed by atoms with Crippen LogP contribution in [-0.4, -0.2) is 0 Å². The first-order chi connectivity index (χ1) is 9.63. The molecule has 0 amide bonds. The van der Waals surface area contributed by atoms with E-state index < -0.39 is 11.6 Å². The van der Waals surface area contributed by atoms with Crippen LogP contribution < -0.4 is 4.74 Å². The molecule has 4 heteroatoms. The molecular weight excluding hydrogens is 326 g/mol. The van der Waals surface area contributed by atoms with Gasteiger partial charge in [0.1, 0.15) is 6.61 Å². The second-order valence-corrected chi connectivity index (χ2v) is 5.04. The van der Waals surface area contributed by atoms with Gasteiger partial charge >= 0.3 is 0 Å². The minimum atomic E-state index is -0.676. The fraction of sp³-hybridized carbons (Fsp3) is 0.250. The lowest BCUT2D eigenvalue weighted by molar-refractivity contribution is 0.274. The maximum Gasteiger partial charge on any atom is 0.191 e. The number of hydrogen-bond acceptors (Lipinski definition) is 1. The number of rotatable bonds is 5. The van der Waals surface area contributed by atoms with Crippen molar-refractivity contribution >= 4 is 15.9 Å². The molecule has 2 rings (SSSR count). The first-order valence-electron chi connectivity index (χ1n) is 6.38. The molecule has 2 aromatic rings. The van der Waals surface area contributed by atoms with Crippen LogP contribution in [0, 0.1) is 11.6 Å². The monoisotopic (exact) mass is 340 g/mol. The number of alkyl halides is 1. The summed E-state index contributed by atoms with van der Waals surface area (Å²) < 4.78 is 32.7. The zero-order valence-electron chi connectivity index (χ0n) is 11.1. The molecule has 2 aromatic carbocycles. The molecule has 0 N–H and O–H groups in total. The maximum atomic E-state index is 13.7. The van der Waals surface area contributed by atoms with Gasteiger partial charge in [-0.3, -0.25) is 0 Å². The van der Waals surface area contributed by atoms with E-state index in [4.69, 9.17) is 4.74 Å². The van der Waals surface area contributed by atoms with Crippen molar-refractivity contribution in [3.8, 4) is 5.75 Å². The molecule has 106 valence electrons. The summed E-state index contributed by atoms with van der Waals surface area (Å²) in [4.78, 5) is 0. The molecule has 0 radical (unpaired) electrons. The van der Waals surface area contributed by atoms with Crippen molar-refractivity contribution < 1.29 is 13.5 Å². The third-order valence-electron chi connectivity index (χ3n) is 3.03. The lowest BCUT2D eigenvalue weighted by Crippen LogP contribution is -2.01. The van der Waals surface area contributed by atoms with Gasteiger partial charge in [-0.2, -0.15) is 0 Å². The van der Waals surface area contributed by atoms with Crippen molar-refractivity contribution in [3.05, 3.63) is 64.7 Å². The van der Waals surface area contributed by atoms with Crippen LogP contribution in [0.4, 0.5) is 8.78 Å². The van der Waals surface area contributed by atoms with Crippen LogP contribution in [0.2, 0.25) is 0 Å². The highest BCUT2D eigenvalue weighted by Gasteiger charge is 2.12. The summed E-state index contributed by atoms with van der Waals surface area (Å²) in [6.07, 6.45) is 0.957. The van der Waals surface area contributed by atoms with Gasteiger partial charge in [-0.1, -0.05) is 47.1 Å². The van der Waals surface area contributed by atoms with Crippen molar-refractivity contribution in [3.63, 3.8) is 0 Å². The zero-order chi connectivity index (χ0) is 14.5. The maximum absolute atomic E-state index is 13.7. The Morgan fingerprint density at radius 1 is 0.950 bits per heavy atom. The normalized spacial score (nSPS) is 10.6. The van der Waals surface area contributed by atoms with Gasteiger partial charge in [0.25, 0.3) is 0 Å². The van der Waals surface area contributed by atoms with Crippen molar-refractivity contribution in [2.75, 3.05) is 0 Å². The zero-order valence-corrected chi connectivity index (χ0v) is 12.7. The summed E-state index contributed by atoms with van der Waals surface area (Å²) >= 11 is 3.17. The van der Waals surface area contributed by atoms with Gasteiger partial charge in [0.15, 0.2) is 17.4 Å². The van der Waals surface area contributed by atoms with Gasteiger partial charge in [-0.15, -0.1) is 0 Å². The second-order valence-electron chi connectivity index (χ2n) is 4.48. The summed E-state index contributed by atoms with van der Waals surface area (Å²) in [5.74, 6) is -1.68. The molecule has 0 fully saturated rings. The third kappa shape index (κ3) is 3.57. The number of benzene rings is 2. The molecule has 0 saturated carbocycles. The molecule has 0 atom stereocenters. The number of ether oxygens (including phenoxy) is 1. The Bertz CT molecular complexity index is 559. The summed E-state index contributed by atoms with van der Waals surface area (Å²) in [5.41, 5.74) is 2.64. The minimum absolute atomic E-state index is 0.144. The average Bonchev–Trinajstić information content (AvgIpc) is 2.46. The lowest BCUT2D eigenvalue weighted by atomic mass is 10.1. The minimum Gasteiger partial charge on any atom is -0.483 e. The van der Waals surface area contributed by atoms with Crippen LogP contribution in [0.15, 0.2) is 36.4 Å². The van der Waals surface area contributed by atoms with Gasteiger partial charge < -0.3 is 4.74 Å². The molecule has 0 aromatic heterocycles. The van der Waals surface area contributed by atoms with Gasteiger partial charge in [0.2, 0.25) is 0 Å². The Balaban J connectivity index is 2.10. The Hall–Kier alpha value is -1.42. The van der Waals surface area contributed by atoms with Crippen LogP contribution in [0.5, 0.6) is 5.75 Å². The predicted molar refractivity (Wildman–Crippen MR) is 79.1 cm³/mol. The van der Waals surface area contributed by atoms with Crippen LogP contribution >= 0.6 is 15.9 Å². The number of halogens is 3. The molecule has 0 saturated heterocycles. The van der Waals surface area contributed by atoms with Gasteiger partial charge in [-0.05, 0) is 35.2 Å². The van der Waals surface area contributed by atoms with Gasteiger partial charge in [0, 0.05) is 5.33 Å². The molecule has 0 aliphatic heterocycles. The molecule has 0 bridgehead atoms. The first kappa shape index (κ1) is 15.0. The third-order valence-corrected chi connectivity index (χ3v) is 3.67. The smallest absolute Gasteiger partial charge is 0.191 e. The highest BCUT2D eigenvalue weighted by Crippen LogP contribution is 2.25. The van der Waals surface area contributed by atoms with E-state index in [0.29, 0.717) is 10.9 Å². The largest absolute Gasteiger partial charge is 0.483 e. The number of hydrogen-bond donors (Lipinski definition) is 0. The molecule has 1 nitrogen and oxygen atoms in total. The first-order valence-corrected chi connectivity index (χ1v) is 7.50. The van der Waals surface area contributed by atoms with Gasteiger partial charge in [-0.25, -0.2) is 8.78 Å². The molecule has 0 aliphatic rings. The molecule has 0 unspecified atom stereocenters. The van der Waals surface area contributed by atoms with Gasteiger partial charge in [0.05, 0.1) is 0 Å². The SMILES string of the molecule is CCc1ccc(COc2c(F)cc(CBr)cc2F)cc1. The molecule has 0 aliphatic carbocycles. The topological polar surface area (TPSA) is 9.23 Å². The van der Waals surface area contributed by atoms with Crippen LogP contribution in [-0.2, 0) is 18.4 Å².